The molecule has 0 bridgehead atoms. The summed E-state index contributed by atoms with van der Waals surface area (Å²) in [6.07, 6.45) is -0.192. The topological polar surface area (TPSA) is 23.6 Å². The molecule has 1 atom stereocenters. The van der Waals surface area contributed by atoms with Crippen molar-refractivity contribution in [2.75, 3.05) is 16.8 Å². The highest BCUT2D eigenvalue weighted by Crippen LogP contribution is 2.43. The Bertz CT molecular complexity index is 1150. The van der Waals surface area contributed by atoms with Crippen LogP contribution in [0.1, 0.15) is 21.4 Å². The zero-order valence-electron chi connectivity index (χ0n) is 16.0. The largest absolute Gasteiger partial charge is 0.349 e. The first kappa shape index (κ1) is 17.7. The van der Waals surface area contributed by atoms with Crippen LogP contribution < -0.4 is 9.80 Å². The van der Waals surface area contributed by atoms with E-state index in [1.165, 1.54) is 10.4 Å². The Hall–Kier alpha value is -3.37. The molecule has 29 heavy (non-hydrogen) atoms. The molecule has 5 rings (SSSR count). The molecule has 3 aromatic carbocycles. The Balaban J connectivity index is 1.65. The number of benzene rings is 3. The van der Waals surface area contributed by atoms with Gasteiger partial charge >= 0.3 is 0 Å². The van der Waals surface area contributed by atoms with Crippen molar-refractivity contribution in [3.05, 3.63) is 108 Å². The number of anilines is 2. The number of thiophene rings is 1. The second-order valence-electron chi connectivity index (χ2n) is 7.08. The van der Waals surface area contributed by atoms with Crippen molar-refractivity contribution in [2.45, 2.75) is 6.17 Å². The molecule has 1 unspecified atom stereocenters. The minimum Gasteiger partial charge on any atom is -0.349 e. The number of hydrogen-bond donors (Lipinski definition) is 0. The quantitative estimate of drug-likeness (QED) is 0.411. The third-order valence-corrected chi connectivity index (χ3v) is 6.49. The summed E-state index contributed by atoms with van der Waals surface area (Å²) >= 11 is 1.74. The summed E-state index contributed by atoms with van der Waals surface area (Å²) in [5.41, 5.74) is 3.79. The van der Waals surface area contributed by atoms with Crippen LogP contribution in [0.4, 0.5) is 11.4 Å². The van der Waals surface area contributed by atoms with Crippen molar-refractivity contribution in [3.63, 3.8) is 0 Å². The molecule has 1 aliphatic heterocycles. The van der Waals surface area contributed by atoms with Gasteiger partial charge in [-0.25, -0.2) is 0 Å². The first-order chi connectivity index (χ1) is 14.2. The predicted molar refractivity (Wildman–Crippen MR) is 121 cm³/mol. The van der Waals surface area contributed by atoms with Crippen molar-refractivity contribution >= 4 is 28.6 Å². The van der Waals surface area contributed by atoms with Crippen LogP contribution in [0.5, 0.6) is 0 Å². The summed E-state index contributed by atoms with van der Waals surface area (Å²) in [5, 5.41) is 0. The van der Waals surface area contributed by atoms with Crippen molar-refractivity contribution in [3.8, 4) is 10.4 Å². The van der Waals surface area contributed by atoms with Gasteiger partial charge in [0.2, 0.25) is 0 Å². The van der Waals surface area contributed by atoms with Crippen LogP contribution in [-0.2, 0) is 0 Å². The third kappa shape index (κ3) is 3.02. The van der Waals surface area contributed by atoms with Gasteiger partial charge in [-0.05, 0) is 42.0 Å². The van der Waals surface area contributed by atoms with Gasteiger partial charge < -0.3 is 4.90 Å². The molecule has 3 nitrogen and oxygen atoms in total. The van der Waals surface area contributed by atoms with Crippen molar-refractivity contribution in [1.29, 1.82) is 0 Å². The van der Waals surface area contributed by atoms with Gasteiger partial charge in [0, 0.05) is 22.5 Å². The van der Waals surface area contributed by atoms with Crippen LogP contribution >= 0.6 is 11.3 Å². The van der Waals surface area contributed by atoms with Crippen LogP contribution in [-0.4, -0.2) is 13.0 Å². The second kappa shape index (κ2) is 7.22. The van der Waals surface area contributed by atoms with Crippen LogP contribution in [0.15, 0.2) is 97.1 Å². The highest BCUT2D eigenvalue weighted by molar-refractivity contribution is 7.15. The second-order valence-corrected chi connectivity index (χ2v) is 8.20. The monoisotopic (exact) mass is 396 g/mol. The number of rotatable bonds is 3. The number of hydrogen-bond acceptors (Lipinski definition) is 3. The van der Waals surface area contributed by atoms with Crippen molar-refractivity contribution in [2.24, 2.45) is 0 Å². The van der Waals surface area contributed by atoms with E-state index in [-0.39, 0.29) is 12.1 Å². The molecular weight excluding hydrogens is 376 g/mol. The summed E-state index contributed by atoms with van der Waals surface area (Å²) < 4.78 is 0. The Morgan fingerprint density at radius 3 is 2.17 bits per heavy atom. The highest BCUT2D eigenvalue weighted by Gasteiger charge is 2.38. The van der Waals surface area contributed by atoms with Gasteiger partial charge in [0.1, 0.15) is 6.17 Å². The van der Waals surface area contributed by atoms with E-state index in [9.17, 15) is 4.79 Å². The van der Waals surface area contributed by atoms with Gasteiger partial charge in [0.05, 0.1) is 11.3 Å². The van der Waals surface area contributed by atoms with E-state index in [1.807, 2.05) is 65.6 Å². The number of fused-ring (bicyclic) bond motifs is 1. The molecular formula is C25H20N2OS. The summed E-state index contributed by atoms with van der Waals surface area (Å²) in [7, 11) is 2.06. The molecule has 0 aliphatic carbocycles. The lowest BCUT2D eigenvalue weighted by molar-refractivity contribution is 0.0970. The molecule has 0 radical (unpaired) electrons. The van der Waals surface area contributed by atoms with Crippen molar-refractivity contribution < 1.29 is 4.79 Å². The predicted octanol–water partition coefficient (Wildman–Crippen LogP) is 6.21. The minimum atomic E-state index is -0.192. The summed E-state index contributed by atoms with van der Waals surface area (Å²) in [6.45, 7) is 0. The van der Waals surface area contributed by atoms with Crippen LogP contribution in [0, 0.1) is 0 Å². The standard InChI is InChI=1S/C25H20N2OS/c1-26-21-15-9-8-14-20(21)25(28)27(19-12-6-3-7-13-19)24(26)23-17-16-22(29-23)18-10-4-2-5-11-18/h2-17,24H,1H3. The van der Waals surface area contributed by atoms with Gasteiger partial charge in [-0.15, -0.1) is 11.3 Å². The third-order valence-electron chi connectivity index (χ3n) is 5.32. The number of carbonyl (C=O) groups is 1. The molecule has 0 spiro atoms. The van der Waals surface area contributed by atoms with Gasteiger partial charge in [-0.3, -0.25) is 9.69 Å². The van der Waals surface area contributed by atoms with E-state index in [2.05, 4.69) is 48.3 Å². The number of nitrogens with zero attached hydrogens (tertiary/aromatic N) is 2. The fourth-order valence-corrected chi connectivity index (χ4v) is 5.07. The van der Waals surface area contributed by atoms with E-state index in [0.717, 1.165) is 21.8 Å². The highest BCUT2D eigenvalue weighted by atomic mass is 32.1. The van der Waals surface area contributed by atoms with E-state index in [1.54, 1.807) is 11.3 Å². The van der Waals surface area contributed by atoms with Crippen LogP contribution in [0.2, 0.25) is 0 Å². The molecule has 0 fully saturated rings. The molecule has 0 saturated carbocycles. The lowest BCUT2D eigenvalue weighted by atomic mass is 10.0. The normalized spacial score (nSPS) is 16.0. The smallest absolute Gasteiger partial charge is 0.262 e. The number of para-hydroxylation sites is 2. The summed E-state index contributed by atoms with van der Waals surface area (Å²) in [5.74, 6) is 0.0320. The Labute approximate surface area is 174 Å². The molecule has 4 heteroatoms. The number of amides is 1. The fraction of sp³-hybridized carbons (Fsp3) is 0.0800. The van der Waals surface area contributed by atoms with Gasteiger partial charge in [0.15, 0.2) is 0 Å². The van der Waals surface area contributed by atoms with E-state index in [0.29, 0.717) is 0 Å². The summed E-state index contributed by atoms with van der Waals surface area (Å²) in [4.78, 5) is 20.0. The molecule has 0 saturated heterocycles. The molecule has 0 N–H and O–H groups in total. The molecule has 2 heterocycles. The zero-order chi connectivity index (χ0) is 19.8. The SMILES string of the molecule is CN1c2ccccc2C(=O)N(c2ccccc2)C1c1ccc(-c2ccccc2)s1. The van der Waals surface area contributed by atoms with Gasteiger partial charge in [-0.1, -0.05) is 60.7 Å². The minimum absolute atomic E-state index is 0.0320. The van der Waals surface area contributed by atoms with E-state index < -0.39 is 0 Å². The molecule has 4 aromatic rings. The van der Waals surface area contributed by atoms with Gasteiger partial charge in [0.25, 0.3) is 5.91 Å². The lowest BCUT2D eigenvalue weighted by Gasteiger charge is -2.43. The Morgan fingerprint density at radius 2 is 1.41 bits per heavy atom. The first-order valence-electron chi connectivity index (χ1n) is 9.59. The molecule has 1 amide bonds. The maximum absolute atomic E-state index is 13.5. The Morgan fingerprint density at radius 1 is 0.759 bits per heavy atom. The molecule has 1 aliphatic rings. The number of carbonyl (C=O) groups excluding carboxylic acids is 1. The average Bonchev–Trinajstić information content (AvgIpc) is 3.27. The lowest BCUT2D eigenvalue weighted by Crippen LogP contribution is -2.47. The molecule has 142 valence electrons. The van der Waals surface area contributed by atoms with Gasteiger partial charge in [-0.2, -0.15) is 0 Å². The summed E-state index contributed by atoms with van der Waals surface area (Å²) in [6, 6.07) is 32.4. The van der Waals surface area contributed by atoms with Crippen LogP contribution in [0.3, 0.4) is 0 Å². The fourth-order valence-electron chi connectivity index (χ4n) is 3.92. The van der Waals surface area contributed by atoms with E-state index >= 15 is 0 Å². The van der Waals surface area contributed by atoms with Crippen molar-refractivity contribution in [1.82, 2.24) is 0 Å². The van der Waals surface area contributed by atoms with E-state index in [4.69, 9.17) is 0 Å². The average molecular weight is 397 g/mol. The molecule has 1 aromatic heterocycles. The maximum atomic E-state index is 13.5. The first-order valence-corrected chi connectivity index (χ1v) is 10.4. The zero-order valence-corrected chi connectivity index (χ0v) is 16.8. The van der Waals surface area contributed by atoms with Crippen LogP contribution in [0.25, 0.3) is 10.4 Å². The maximum Gasteiger partial charge on any atom is 0.262 e. The Kier molecular flexibility index (Phi) is 4.41.